The Hall–Kier alpha value is -1.01. The maximum atomic E-state index is 10.1. The van der Waals surface area contributed by atoms with Gasteiger partial charge in [0, 0.05) is 25.9 Å². The third-order valence-corrected chi connectivity index (χ3v) is 1.28. The van der Waals surface area contributed by atoms with Crippen LogP contribution in [0, 0.1) is 11.8 Å². The smallest absolute Gasteiger partial charge is 0.303 e. The lowest BCUT2D eigenvalue weighted by Gasteiger charge is -1.87. The lowest BCUT2D eigenvalue weighted by Crippen LogP contribution is -1.92. The average molecular weight is 170 g/mol. The third-order valence-electron chi connectivity index (χ3n) is 1.28. The van der Waals surface area contributed by atoms with Gasteiger partial charge in [-0.05, 0) is 12.8 Å². The van der Waals surface area contributed by atoms with E-state index in [1.165, 1.54) is 0 Å². The van der Waals surface area contributed by atoms with Gasteiger partial charge in [-0.2, -0.15) is 0 Å². The van der Waals surface area contributed by atoms with E-state index in [1.807, 2.05) is 0 Å². The van der Waals surface area contributed by atoms with Gasteiger partial charge >= 0.3 is 5.97 Å². The summed E-state index contributed by atoms with van der Waals surface area (Å²) in [4.78, 5) is 10.1. The SMILES string of the molecule is O=C(O)CCCC#CCCCO. The zero-order valence-corrected chi connectivity index (χ0v) is 7.05. The molecule has 0 saturated heterocycles. The van der Waals surface area contributed by atoms with Crippen LogP contribution in [0.25, 0.3) is 0 Å². The van der Waals surface area contributed by atoms with Crippen molar-refractivity contribution < 1.29 is 15.0 Å². The first-order valence-corrected chi connectivity index (χ1v) is 4.05. The van der Waals surface area contributed by atoms with Gasteiger partial charge in [-0.3, -0.25) is 4.79 Å². The molecule has 0 unspecified atom stereocenters. The van der Waals surface area contributed by atoms with Crippen molar-refractivity contribution in [1.29, 1.82) is 0 Å². The highest BCUT2D eigenvalue weighted by Gasteiger charge is 1.92. The minimum atomic E-state index is -0.771. The third kappa shape index (κ3) is 8.99. The van der Waals surface area contributed by atoms with Crippen molar-refractivity contribution in [3.63, 3.8) is 0 Å². The molecule has 0 radical (unpaired) electrons. The summed E-state index contributed by atoms with van der Waals surface area (Å²) in [5, 5.41) is 16.7. The molecule has 12 heavy (non-hydrogen) atoms. The van der Waals surface area contributed by atoms with Crippen LogP contribution in [0.15, 0.2) is 0 Å². The molecule has 0 bridgehead atoms. The molecule has 0 spiro atoms. The van der Waals surface area contributed by atoms with Crippen molar-refractivity contribution in [1.82, 2.24) is 0 Å². The van der Waals surface area contributed by atoms with Crippen molar-refractivity contribution >= 4 is 5.97 Å². The van der Waals surface area contributed by atoms with Crippen LogP contribution in [-0.4, -0.2) is 22.8 Å². The van der Waals surface area contributed by atoms with E-state index in [0.29, 0.717) is 25.7 Å². The van der Waals surface area contributed by atoms with E-state index in [0.717, 1.165) is 0 Å². The standard InChI is InChI=1S/C9H14O3/c10-8-6-4-2-1-3-5-7-9(11)12/h10H,3-8H2,(H,11,12). The zero-order chi connectivity index (χ0) is 9.23. The summed E-state index contributed by atoms with van der Waals surface area (Å²) in [6, 6.07) is 0. The van der Waals surface area contributed by atoms with E-state index in [2.05, 4.69) is 11.8 Å². The molecule has 0 heterocycles. The Bertz CT molecular complexity index is 176. The van der Waals surface area contributed by atoms with Crippen LogP contribution in [0.1, 0.15) is 32.1 Å². The van der Waals surface area contributed by atoms with Crippen molar-refractivity contribution in [2.75, 3.05) is 6.61 Å². The van der Waals surface area contributed by atoms with Crippen molar-refractivity contribution in [3.05, 3.63) is 0 Å². The van der Waals surface area contributed by atoms with E-state index in [4.69, 9.17) is 10.2 Å². The highest BCUT2D eigenvalue weighted by Crippen LogP contribution is 1.93. The van der Waals surface area contributed by atoms with E-state index in [9.17, 15) is 4.79 Å². The van der Waals surface area contributed by atoms with Crippen molar-refractivity contribution in [2.24, 2.45) is 0 Å². The Morgan fingerprint density at radius 3 is 2.25 bits per heavy atom. The first kappa shape index (κ1) is 11.0. The normalized spacial score (nSPS) is 8.75. The molecule has 0 fully saturated rings. The lowest BCUT2D eigenvalue weighted by molar-refractivity contribution is -0.137. The zero-order valence-electron chi connectivity index (χ0n) is 7.05. The maximum Gasteiger partial charge on any atom is 0.303 e. The molecule has 0 aromatic heterocycles. The maximum absolute atomic E-state index is 10.1. The van der Waals surface area contributed by atoms with Crippen LogP contribution in [0.4, 0.5) is 0 Å². The Balaban J connectivity index is 3.16. The van der Waals surface area contributed by atoms with Crippen LogP contribution in [0.3, 0.4) is 0 Å². The number of carboxylic acid groups (broad SMARTS) is 1. The van der Waals surface area contributed by atoms with Gasteiger partial charge in [-0.25, -0.2) is 0 Å². The molecule has 0 aliphatic carbocycles. The second-order valence-corrected chi connectivity index (χ2v) is 2.43. The molecule has 3 nitrogen and oxygen atoms in total. The molecule has 2 N–H and O–H groups in total. The molecule has 0 aliphatic heterocycles. The predicted octanol–water partition coefficient (Wildman–Crippen LogP) is 1.02. The molecule has 0 atom stereocenters. The number of carbonyl (C=O) groups is 1. The molecular formula is C9H14O3. The number of unbranched alkanes of at least 4 members (excludes halogenated alkanes) is 2. The summed E-state index contributed by atoms with van der Waals surface area (Å²) >= 11 is 0. The average Bonchev–Trinajstić information content (AvgIpc) is 2.02. The van der Waals surface area contributed by atoms with E-state index >= 15 is 0 Å². The van der Waals surface area contributed by atoms with E-state index in [1.54, 1.807) is 0 Å². The molecule has 0 aromatic rings. The molecule has 0 aliphatic rings. The number of aliphatic hydroxyl groups is 1. The molecule has 0 aromatic carbocycles. The van der Waals surface area contributed by atoms with Gasteiger partial charge in [-0.15, -0.1) is 11.8 Å². The summed E-state index contributed by atoms with van der Waals surface area (Å²) in [5.74, 6) is 4.94. The Labute approximate surface area is 72.4 Å². The topological polar surface area (TPSA) is 57.5 Å². The van der Waals surface area contributed by atoms with Gasteiger partial charge in [0.15, 0.2) is 0 Å². The van der Waals surface area contributed by atoms with Gasteiger partial charge in [0.2, 0.25) is 0 Å². The van der Waals surface area contributed by atoms with Gasteiger partial charge < -0.3 is 10.2 Å². The summed E-state index contributed by atoms with van der Waals surface area (Å²) < 4.78 is 0. The van der Waals surface area contributed by atoms with Crippen molar-refractivity contribution in [3.8, 4) is 11.8 Å². The summed E-state index contributed by atoms with van der Waals surface area (Å²) in [7, 11) is 0. The molecule has 3 heteroatoms. The highest BCUT2D eigenvalue weighted by atomic mass is 16.4. The number of hydrogen-bond acceptors (Lipinski definition) is 2. The first-order valence-electron chi connectivity index (χ1n) is 4.05. The molecular weight excluding hydrogens is 156 g/mol. The minimum absolute atomic E-state index is 0.170. The minimum Gasteiger partial charge on any atom is -0.481 e. The Kier molecular flexibility index (Phi) is 7.41. The molecule has 0 saturated carbocycles. The van der Waals surface area contributed by atoms with Crippen LogP contribution < -0.4 is 0 Å². The second kappa shape index (κ2) is 8.09. The van der Waals surface area contributed by atoms with Crippen LogP contribution in [0.5, 0.6) is 0 Å². The molecule has 0 amide bonds. The van der Waals surface area contributed by atoms with Crippen LogP contribution >= 0.6 is 0 Å². The number of aliphatic hydroxyl groups excluding tert-OH is 1. The summed E-state index contributed by atoms with van der Waals surface area (Å²) in [6.45, 7) is 0.170. The predicted molar refractivity (Wildman–Crippen MR) is 45.6 cm³/mol. The quantitative estimate of drug-likeness (QED) is 0.478. The number of hydrogen-bond donors (Lipinski definition) is 2. The number of rotatable bonds is 5. The molecule has 0 rings (SSSR count). The Morgan fingerprint density at radius 2 is 1.75 bits per heavy atom. The summed E-state index contributed by atoms with van der Waals surface area (Å²) in [6.07, 6.45) is 2.84. The fraction of sp³-hybridized carbons (Fsp3) is 0.667. The van der Waals surface area contributed by atoms with Gasteiger partial charge in [0.1, 0.15) is 0 Å². The van der Waals surface area contributed by atoms with Gasteiger partial charge in [-0.1, -0.05) is 0 Å². The highest BCUT2D eigenvalue weighted by molar-refractivity contribution is 5.66. The fourth-order valence-electron chi connectivity index (χ4n) is 0.672. The fourth-order valence-corrected chi connectivity index (χ4v) is 0.672. The lowest BCUT2D eigenvalue weighted by atomic mass is 10.2. The van der Waals surface area contributed by atoms with E-state index < -0.39 is 5.97 Å². The van der Waals surface area contributed by atoms with Crippen LogP contribution in [0.2, 0.25) is 0 Å². The Morgan fingerprint density at radius 1 is 1.17 bits per heavy atom. The van der Waals surface area contributed by atoms with E-state index in [-0.39, 0.29) is 13.0 Å². The largest absolute Gasteiger partial charge is 0.481 e. The monoisotopic (exact) mass is 170 g/mol. The van der Waals surface area contributed by atoms with Crippen LogP contribution in [-0.2, 0) is 4.79 Å². The van der Waals surface area contributed by atoms with Gasteiger partial charge in [0.25, 0.3) is 0 Å². The van der Waals surface area contributed by atoms with Crippen molar-refractivity contribution in [2.45, 2.75) is 32.1 Å². The second-order valence-electron chi connectivity index (χ2n) is 2.43. The number of carboxylic acids is 1. The first-order chi connectivity index (χ1) is 5.77. The molecule has 68 valence electrons. The summed E-state index contributed by atoms with van der Waals surface area (Å²) in [5.41, 5.74) is 0. The number of aliphatic carboxylic acids is 1. The van der Waals surface area contributed by atoms with Gasteiger partial charge in [0.05, 0.1) is 0 Å².